The summed E-state index contributed by atoms with van der Waals surface area (Å²) in [7, 11) is 0. The van der Waals surface area contributed by atoms with Gasteiger partial charge in [-0.05, 0) is 24.6 Å². The molecule has 1 heteroatoms. The minimum absolute atomic E-state index is 0.622. The molecule has 0 aliphatic heterocycles. The van der Waals surface area contributed by atoms with Crippen molar-refractivity contribution in [3.8, 4) is 24.4 Å². The number of hydrogen-bond acceptors (Lipinski definition) is 1. The van der Waals surface area contributed by atoms with Crippen molar-refractivity contribution in [3.05, 3.63) is 35.4 Å². The third-order valence-corrected chi connectivity index (χ3v) is 1.67. The molecule has 0 radical (unpaired) electrons. The average Bonchev–Trinajstić information content (AvgIpc) is 2.25. The van der Waals surface area contributed by atoms with Crippen molar-refractivity contribution in [3.63, 3.8) is 0 Å². The fourth-order valence-electron chi connectivity index (χ4n) is 1.03. The van der Waals surface area contributed by atoms with Gasteiger partial charge in [0, 0.05) is 12.0 Å². The molecule has 1 aromatic rings. The number of hydrogen-bond donors (Lipinski definition) is 0. The zero-order chi connectivity index (χ0) is 10.2. The lowest BCUT2D eigenvalue weighted by Gasteiger charge is -1.95. The van der Waals surface area contributed by atoms with E-state index >= 15 is 0 Å². The van der Waals surface area contributed by atoms with Crippen molar-refractivity contribution in [1.29, 1.82) is 0 Å². The topological polar surface area (TPSA) is 9.23 Å². The van der Waals surface area contributed by atoms with Gasteiger partial charge in [-0.15, -0.1) is 6.42 Å². The Labute approximate surface area is 85.1 Å². The Morgan fingerprint density at radius 2 is 2.29 bits per heavy atom. The second kappa shape index (κ2) is 5.73. The van der Waals surface area contributed by atoms with Crippen molar-refractivity contribution in [1.82, 2.24) is 0 Å². The number of benzene rings is 1. The van der Waals surface area contributed by atoms with Gasteiger partial charge >= 0.3 is 0 Å². The summed E-state index contributed by atoms with van der Waals surface area (Å²) in [5.74, 6) is 5.50. The number of terminal acetylenes is 1. The van der Waals surface area contributed by atoms with E-state index in [1.54, 1.807) is 0 Å². The van der Waals surface area contributed by atoms with Gasteiger partial charge in [0.2, 0.25) is 0 Å². The maximum absolute atomic E-state index is 5.28. The fourth-order valence-corrected chi connectivity index (χ4v) is 1.03. The zero-order valence-corrected chi connectivity index (χ0v) is 8.21. The molecule has 1 rings (SSSR count). The Balaban J connectivity index is 2.61. The van der Waals surface area contributed by atoms with Gasteiger partial charge in [0.15, 0.2) is 0 Å². The van der Waals surface area contributed by atoms with E-state index in [2.05, 4.69) is 17.9 Å². The molecule has 0 aliphatic rings. The molecule has 0 bridgehead atoms. The van der Waals surface area contributed by atoms with Crippen molar-refractivity contribution >= 4 is 0 Å². The van der Waals surface area contributed by atoms with Gasteiger partial charge in [-0.3, -0.25) is 0 Å². The lowest BCUT2D eigenvalue weighted by molar-refractivity contribution is 0.299. The molecule has 0 unspecified atom stereocenters. The predicted octanol–water partition coefficient (Wildman–Crippen LogP) is 2.21. The standard InChI is InChI=1S/C13H12O/c1-3-12-7-5-8-13(11-12)9-6-10-14-4-2/h1,5,7-8,11H,4,9H2,2H3. The van der Waals surface area contributed by atoms with E-state index in [1.165, 1.54) is 0 Å². The highest BCUT2D eigenvalue weighted by Gasteiger charge is 1.90. The van der Waals surface area contributed by atoms with Crippen molar-refractivity contribution in [2.75, 3.05) is 6.61 Å². The predicted molar refractivity (Wildman–Crippen MR) is 57.5 cm³/mol. The van der Waals surface area contributed by atoms with Crippen LogP contribution in [0.25, 0.3) is 0 Å². The smallest absolute Gasteiger partial charge is 0.110 e. The third-order valence-electron chi connectivity index (χ3n) is 1.67. The summed E-state index contributed by atoms with van der Waals surface area (Å²) in [5.41, 5.74) is 2.01. The molecule has 14 heavy (non-hydrogen) atoms. The Bertz CT molecular complexity index is 388. The van der Waals surface area contributed by atoms with E-state index in [1.807, 2.05) is 31.2 Å². The van der Waals surface area contributed by atoms with Gasteiger partial charge in [0.1, 0.15) is 6.11 Å². The first-order valence-corrected chi connectivity index (χ1v) is 4.52. The van der Waals surface area contributed by atoms with E-state index in [0.29, 0.717) is 13.0 Å². The molecule has 0 saturated carbocycles. The second-order valence-electron chi connectivity index (χ2n) is 2.73. The monoisotopic (exact) mass is 184 g/mol. The van der Waals surface area contributed by atoms with E-state index < -0.39 is 0 Å². The third kappa shape index (κ3) is 3.25. The van der Waals surface area contributed by atoms with Crippen LogP contribution in [0.2, 0.25) is 0 Å². The Hall–Kier alpha value is -1.86. The first-order chi connectivity index (χ1) is 6.86. The fraction of sp³-hybridized carbons (Fsp3) is 0.231. The normalized spacial score (nSPS) is 8.29. The molecule has 1 aromatic carbocycles. The van der Waals surface area contributed by atoms with Gasteiger partial charge in [0.05, 0.1) is 6.61 Å². The van der Waals surface area contributed by atoms with E-state index in [9.17, 15) is 0 Å². The molecule has 0 aromatic heterocycles. The molecule has 0 aliphatic carbocycles. The summed E-state index contributed by atoms with van der Waals surface area (Å²) in [6.07, 6.45) is 8.58. The van der Waals surface area contributed by atoms with Crippen LogP contribution in [0.15, 0.2) is 24.3 Å². The Kier molecular flexibility index (Phi) is 4.18. The maximum atomic E-state index is 5.28. The average molecular weight is 184 g/mol. The molecule has 0 amide bonds. The first kappa shape index (κ1) is 10.2. The first-order valence-electron chi connectivity index (χ1n) is 4.52. The van der Waals surface area contributed by atoms with Crippen molar-refractivity contribution < 1.29 is 4.74 Å². The van der Waals surface area contributed by atoms with E-state index in [0.717, 1.165) is 11.1 Å². The van der Waals surface area contributed by atoms with Gasteiger partial charge in [-0.1, -0.05) is 24.0 Å². The van der Waals surface area contributed by atoms with Gasteiger partial charge in [0.25, 0.3) is 0 Å². The minimum atomic E-state index is 0.622. The molecule has 0 fully saturated rings. The van der Waals surface area contributed by atoms with E-state index in [4.69, 9.17) is 11.2 Å². The summed E-state index contributed by atoms with van der Waals surface area (Å²) >= 11 is 0. The second-order valence-corrected chi connectivity index (χ2v) is 2.73. The van der Waals surface area contributed by atoms with Crippen LogP contribution in [0.1, 0.15) is 18.1 Å². The Morgan fingerprint density at radius 3 is 3.00 bits per heavy atom. The molecule has 0 N–H and O–H groups in total. The lowest BCUT2D eigenvalue weighted by Crippen LogP contribution is -1.84. The Morgan fingerprint density at radius 1 is 1.43 bits per heavy atom. The van der Waals surface area contributed by atoms with Crippen LogP contribution >= 0.6 is 0 Å². The van der Waals surface area contributed by atoms with Crippen LogP contribution in [0.4, 0.5) is 0 Å². The minimum Gasteiger partial charge on any atom is -0.447 e. The maximum Gasteiger partial charge on any atom is 0.110 e. The molecule has 0 atom stereocenters. The molecule has 0 saturated heterocycles. The number of ether oxygens (including phenoxy) is 1. The largest absolute Gasteiger partial charge is 0.447 e. The van der Waals surface area contributed by atoms with Crippen LogP contribution in [-0.4, -0.2) is 6.61 Å². The molecular weight excluding hydrogens is 172 g/mol. The van der Waals surface area contributed by atoms with E-state index in [-0.39, 0.29) is 0 Å². The van der Waals surface area contributed by atoms with Gasteiger partial charge in [-0.2, -0.15) is 0 Å². The number of rotatable bonds is 2. The van der Waals surface area contributed by atoms with Gasteiger partial charge < -0.3 is 4.74 Å². The van der Waals surface area contributed by atoms with Crippen molar-refractivity contribution in [2.24, 2.45) is 0 Å². The van der Waals surface area contributed by atoms with Crippen LogP contribution in [0, 0.1) is 24.4 Å². The highest BCUT2D eigenvalue weighted by atomic mass is 16.5. The molecular formula is C13H12O. The highest BCUT2D eigenvalue weighted by molar-refractivity contribution is 5.36. The van der Waals surface area contributed by atoms with Crippen LogP contribution in [0.5, 0.6) is 0 Å². The summed E-state index contributed by atoms with van der Waals surface area (Å²) in [5, 5.41) is 0. The van der Waals surface area contributed by atoms with Crippen molar-refractivity contribution in [2.45, 2.75) is 13.3 Å². The molecule has 70 valence electrons. The zero-order valence-electron chi connectivity index (χ0n) is 8.21. The summed E-state index contributed by atoms with van der Waals surface area (Å²) < 4.78 is 4.91. The van der Waals surface area contributed by atoms with Crippen LogP contribution in [-0.2, 0) is 11.2 Å². The summed E-state index contributed by atoms with van der Waals surface area (Å²) in [4.78, 5) is 0. The lowest BCUT2D eigenvalue weighted by atomic mass is 10.1. The highest BCUT2D eigenvalue weighted by Crippen LogP contribution is 2.03. The quantitative estimate of drug-likeness (QED) is 0.640. The van der Waals surface area contributed by atoms with Crippen LogP contribution in [0.3, 0.4) is 0 Å². The molecule has 0 heterocycles. The van der Waals surface area contributed by atoms with Crippen LogP contribution < -0.4 is 0 Å². The summed E-state index contributed by atoms with van der Waals surface area (Å²) in [6.45, 7) is 2.53. The SMILES string of the molecule is C#Cc1cccc(CC#COCC)c1. The summed E-state index contributed by atoms with van der Waals surface area (Å²) in [6, 6.07) is 7.80. The molecule has 0 spiro atoms. The molecule has 1 nitrogen and oxygen atoms in total. The van der Waals surface area contributed by atoms with Gasteiger partial charge in [-0.25, -0.2) is 0 Å².